The zero-order valence-electron chi connectivity index (χ0n) is 12.3. The summed E-state index contributed by atoms with van der Waals surface area (Å²) in [6.45, 7) is 5.11. The lowest BCUT2D eigenvalue weighted by Crippen LogP contribution is -2.46. The highest BCUT2D eigenvalue weighted by Gasteiger charge is 2.20. The van der Waals surface area contributed by atoms with E-state index in [4.69, 9.17) is 10.5 Å². The lowest BCUT2D eigenvalue weighted by molar-refractivity contribution is -0.118. The molecule has 1 aromatic rings. The molecule has 7 heteroatoms. The number of anilines is 1. The molecule has 0 aliphatic rings. The molecule has 1 atom stereocenters. The van der Waals surface area contributed by atoms with Gasteiger partial charge in [0.2, 0.25) is 5.91 Å². The molecule has 0 spiro atoms. The summed E-state index contributed by atoms with van der Waals surface area (Å²) in [6, 6.07) is 4.72. The second kappa shape index (κ2) is 6.92. The summed E-state index contributed by atoms with van der Waals surface area (Å²) in [5.41, 5.74) is 5.01. The van der Waals surface area contributed by atoms with E-state index in [2.05, 4.69) is 10.6 Å². The Labute approximate surface area is 122 Å². The van der Waals surface area contributed by atoms with Crippen LogP contribution in [-0.2, 0) is 9.53 Å². The summed E-state index contributed by atoms with van der Waals surface area (Å²) in [5.74, 6) is -1.11. The molecule has 0 aromatic heterocycles. The first-order valence-corrected chi connectivity index (χ1v) is 6.45. The molecule has 1 unspecified atom stereocenters. The normalized spacial score (nSPS) is 12.4. The summed E-state index contributed by atoms with van der Waals surface area (Å²) >= 11 is 0. The van der Waals surface area contributed by atoms with E-state index in [9.17, 15) is 14.0 Å². The van der Waals surface area contributed by atoms with Crippen molar-refractivity contribution in [1.29, 1.82) is 0 Å². The van der Waals surface area contributed by atoms with E-state index in [-0.39, 0.29) is 6.54 Å². The highest BCUT2D eigenvalue weighted by Crippen LogP contribution is 2.10. The third-order valence-corrected chi connectivity index (χ3v) is 2.36. The number of nitrogens with one attached hydrogen (secondary N) is 2. The Bertz CT molecular complexity index is 514. The molecule has 6 nitrogen and oxygen atoms in total. The molecule has 1 aromatic carbocycles. The zero-order chi connectivity index (χ0) is 16.0. The molecular weight excluding hydrogens is 277 g/mol. The predicted octanol–water partition coefficient (Wildman–Crippen LogP) is 1.62. The largest absolute Gasteiger partial charge is 0.444 e. The SMILES string of the molecule is CC(C)(C)OC(=O)NCC(Nc1cccc(F)c1)C(N)=O. The Hall–Kier alpha value is -2.31. The quantitative estimate of drug-likeness (QED) is 0.770. The first-order chi connectivity index (χ1) is 9.67. The average Bonchev–Trinajstić information content (AvgIpc) is 2.32. The van der Waals surface area contributed by atoms with Crippen LogP contribution in [0.15, 0.2) is 24.3 Å². The van der Waals surface area contributed by atoms with Crippen LogP contribution in [0.5, 0.6) is 0 Å². The zero-order valence-corrected chi connectivity index (χ0v) is 12.3. The molecule has 0 fully saturated rings. The van der Waals surface area contributed by atoms with Crippen molar-refractivity contribution in [2.24, 2.45) is 5.73 Å². The summed E-state index contributed by atoms with van der Waals surface area (Å²) in [4.78, 5) is 22.9. The number of amides is 2. The minimum Gasteiger partial charge on any atom is -0.444 e. The minimum absolute atomic E-state index is 0.0687. The smallest absolute Gasteiger partial charge is 0.407 e. The number of hydrogen-bond donors (Lipinski definition) is 3. The van der Waals surface area contributed by atoms with Crippen molar-refractivity contribution in [3.8, 4) is 0 Å². The molecule has 4 N–H and O–H groups in total. The van der Waals surface area contributed by atoms with Gasteiger partial charge in [-0.1, -0.05) is 6.07 Å². The van der Waals surface area contributed by atoms with E-state index in [0.29, 0.717) is 5.69 Å². The fourth-order valence-electron chi connectivity index (χ4n) is 1.50. The van der Waals surface area contributed by atoms with Crippen LogP contribution in [0.3, 0.4) is 0 Å². The second-order valence-electron chi connectivity index (χ2n) is 5.49. The van der Waals surface area contributed by atoms with Gasteiger partial charge in [-0.3, -0.25) is 4.79 Å². The molecule has 0 aliphatic heterocycles. The molecule has 0 saturated heterocycles. The minimum atomic E-state index is -0.876. The van der Waals surface area contributed by atoms with Gasteiger partial charge in [0.25, 0.3) is 0 Å². The van der Waals surface area contributed by atoms with Gasteiger partial charge in [0, 0.05) is 5.69 Å². The Morgan fingerprint density at radius 2 is 2.05 bits per heavy atom. The average molecular weight is 297 g/mol. The molecule has 0 heterocycles. The number of alkyl carbamates (subject to hydrolysis) is 1. The fourth-order valence-corrected chi connectivity index (χ4v) is 1.50. The number of ether oxygens (including phenoxy) is 1. The van der Waals surface area contributed by atoms with Crippen LogP contribution >= 0.6 is 0 Å². The third-order valence-electron chi connectivity index (χ3n) is 2.36. The summed E-state index contributed by atoms with van der Waals surface area (Å²) in [5, 5.41) is 5.19. The van der Waals surface area contributed by atoms with Crippen LogP contribution in [0.2, 0.25) is 0 Å². The Morgan fingerprint density at radius 3 is 2.57 bits per heavy atom. The number of rotatable bonds is 5. The van der Waals surface area contributed by atoms with Gasteiger partial charge >= 0.3 is 6.09 Å². The van der Waals surface area contributed by atoms with Gasteiger partial charge in [-0.15, -0.1) is 0 Å². The first-order valence-electron chi connectivity index (χ1n) is 6.45. The highest BCUT2D eigenvalue weighted by molar-refractivity contribution is 5.84. The van der Waals surface area contributed by atoms with Crippen molar-refractivity contribution < 1.29 is 18.7 Å². The lowest BCUT2D eigenvalue weighted by Gasteiger charge is -2.21. The van der Waals surface area contributed by atoms with Gasteiger partial charge in [0.05, 0.1) is 6.54 Å². The Morgan fingerprint density at radius 1 is 1.38 bits per heavy atom. The molecule has 0 saturated carbocycles. The van der Waals surface area contributed by atoms with Crippen LogP contribution < -0.4 is 16.4 Å². The summed E-state index contributed by atoms with van der Waals surface area (Å²) < 4.78 is 18.1. The van der Waals surface area contributed by atoms with Crippen LogP contribution in [-0.4, -0.2) is 30.2 Å². The van der Waals surface area contributed by atoms with Crippen molar-refractivity contribution >= 4 is 17.7 Å². The van der Waals surface area contributed by atoms with Crippen molar-refractivity contribution in [3.63, 3.8) is 0 Å². The third kappa shape index (κ3) is 6.60. The molecule has 116 valence electrons. The predicted molar refractivity (Wildman–Crippen MR) is 77.2 cm³/mol. The van der Waals surface area contributed by atoms with E-state index in [1.807, 2.05) is 0 Å². The number of carbonyl (C=O) groups excluding carboxylic acids is 2. The number of nitrogens with two attached hydrogens (primary N) is 1. The highest BCUT2D eigenvalue weighted by atomic mass is 19.1. The van der Waals surface area contributed by atoms with Gasteiger partial charge < -0.3 is 21.1 Å². The van der Waals surface area contributed by atoms with Crippen LogP contribution in [0.25, 0.3) is 0 Å². The lowest BCUT2D eigenvalue weighted by atomic mass is 10.2. The molecule has 2 amide bonds. The molecule has 0 aliphatic carbocycles. The van der Waals surface area contributed by atoms with Crippen LogP contribution in [0.4, 0.5) is 14.9 Å². The maximum atomic E-state index is 13.1. The fraction of sp³-hybridized carbons (Fsp3) is 0.429. The Kier molecular flexibility index (Phi) is 5.52. The summed E-state index contributed by atoms with van der Waals surface area (Å²) in [6.07, 6.45) is -0.658. The molecule has 0 radical (unpaired) electrons. The van der Waals surface area contributed by atoms with Gasteiger partial charge in [-0.25, -0.2) is 9.18 Å². The number of benzene rings is 1. The summed E-state index contributed by atoms with van der Waals surface area (Å²) in [7, 11) is 0. The van der Waals surface area contributed by atoms with E-state index in [1.54, 1.807) is 26.8 Å². The molecule has 21 heavy (non-hydrogen) atoms. The van der Waals surface area contributed by atoms with E-state index >= 15 is 0 Å². The molecule has 0 bridgehead atoms. The van der Waals surface area contributed by atoms with Crippen molar-refractivity contribution in [3.05, 3.63) is 30.1 Å². The van der Waals surface area contributed by atoms with Crippen LogP contribution in [0.1, 0.15) is 20.8 Å². The first kappa shape index (κ1) is 16.7. The van der Waals surface area contributed by atoms with Gasteiger partial charge in [0.15, 0.2) is 0 Å². The van der Waals surface area contributed by atoms with E-state index in [1.165, 1.54) is 18.2 Å². The van der Waals surface area contributed by atoms with Gasteiger partial charge in [-0.05, 0) is 39.0 Å². The van der Waals surface area contributed by atoms with Crippen molar-refractivity contribution in [2.45, 2.75) is 32.4 Å². The van der Waals surface area contributed by atoms with E-state index in [0.717, 1.165) is 0 Å². The number of halogens is 1. The van der Waals surface area contributed by atoms with Gasteiger partial charge in [0.1, 0.15) is 17.5 Å². The number of carbonyl (C=O) groups is 2. The maximum absolute atomic E-state index is 13.1. The van der Waals surface area contributed by atoms with Gasteiger partial charge in [-0.2, -0.15) is 0 Å². The molecule has 1 rings (SSSR count). The standard InChI is InChI=1S/C14H20FN3O3/c1-14(2,3)21-13(20)17-8-11(12(16)19)18-10-6-4-5-9(15)7-10/h4-7,11,18H,8H2,1-3H3,(H2,16,19)(H,17,20). The Balaban J connectivity index is 2.59. The van der Waals surface area contributed by atoms with E-state index < -0.39 is 29.5 Å². The topological polar surface area (TPSA) is 93.4 Å². The maximum Gasteiger partial charge on any atom is 0.407 e. The monoisotopic (exact) mass is 297 g/mol. The second-order valence-corrected chi connectivity index (χ2v) is 5.49. The molecular formula is C14H20FN3O3. The van der Waals surface area contributed by atoms with Crippen molar-refractivity contribution in [2.75, 3.05) is 11.9 Å². The number of hydrogen-bond acceptors (Lipinski definition) is 4. The van der Waals surface area contributed by atoms with Crippen molar-refractivity contribution in [1.82, 2.24) is 5.32 Å². The van der Waals surface area contributed by atoms with Crippen LogP contribution in [0, 0.1) is 5.82 Å². The number of primary amides is 1.